The summed E-state index contributed by atoms with van der Waals surface area (Å²) in [5, 5.41) is 17.3. The van der Waals surface area contributed by atoms with E-state index in [1.807, 2.05) is 42.9 Å². The third-order valence-electron chi connectivity index (χ3n) is 4.80. The number of nitrogens with zero attached hydrogens (tertiary/aromatic N) is 9. The molecular weight excluding hydrogens is 330 g/mol. The molecule has 1 aliphatic rings. The summed E-state index contributed by atoms with van der Waals surface area (Å²) in [7, 11) is 0. The van der Waals surface area contributed by atoms with E-state index in [1.54, 1.807) is 4.52 Å². The van der Waals surface area contributed by atoms with Gasteiger partial charge in [0.25, 0.3) is 0 Å². The first-order chi connectivity index (χ1) is 12.7. The second-order valence-electron chi connectivity index (χ2n) is 6.55. The molecule has 9 nitrogen and oxygen atoms in total. The van der Waals surface area contributed by atoms with E-state index >= 15 is 0 Å². The van der Waals surface area contributed by atoms with Gasteiger partial charge in [-0.05, 0) is 32.0 Å². The van der Waals surface area contributed by atoms with Gasteiger partial charge < -0.3 is 9.80 Å². The maximum Gasteiger partial charge on any atom is 0.178 e. The van der Waals surface area contributed by atoms with Crippen molar-refractivity contribution in [2.45, 2.75) is 13.8 Å². The highest BCUT2D eigenvalue weighted by molar-refractivity contribution is 5.69. The fourth-order valence-electron chi connectivity index (χ4n) is 3.48. The minimum absolute atomic E-state index is 0.775. The molecule has 9 heteroatoms. The average Bonchev–Trinajstić information content (AvgIpc) is 3.23. The topological polar surface area (TPSA) is 79.8 Å². The highest BCUT2D eigenvalue weighted by Crippen LogP contribution is 2.22. The van der Waals surface area contributed by atoms with Crippen LogP contribution in [0.2, 0.25) is 0 Å². The molecule has 4 aromatic heterocycles. The zero-order valence-electron chi connectivity index (χ0n) is 14.7. The molecule has 26 heavy (non-hydrogen) atoms. The summed E-state index contributed by atoms with van der Waals surface area (Å²) in [5.74, 6) is 2.74. The van der Waals surface area contributed by atoms with Crippen molar-refractivity contribution >= 4 is 22.8 Å². The lowest BCUT2D eigenvalue weighted by Crippen LogP contribution is -2.47. The number of fused-ring (bicyclic) bond motifs is 2. The first kappa shape index (κ1) is 15.1. The molecule has 0 N–H and O–H groups in total. The van der Waals surface area contributed by atoms with E-state index in [1.165, 1.54) is 0 Å². The molecule has 1 aliphatic heterocycles. The van der Waals surface area contributed by atoms with Crippen molar-refractivity contribution in [3.8, 4) is 0 Å². The quantitative estimate of drug-likeness (QED) is 0.536. The monoisotopic (exact) mass is 349 g/mol. The van der Waals surface area contributed by atoms with Gasteiger partial charge in [-0.25, -0.2) is 9.50 Å². The first-order valence-electron chi connectivity index (χ1n) is 8.69. The van der Waals surface area contributed by atoms with Crippen LogP contribution in [-0.4, -0.2) is 60.6 Å². The Labute approximate surface area is 149 Å². The van der Waals surface area contributed by atoms with E-state index in [0.717, 1.165) is 60.5 Å². The Morgan fingerprint density at radius 1 is 0.923 bits per heavy atom. The van der Waals surface area contributed by atoms with E-state index in [9.17, 15) is 0 Å². The molecule has 5 rings (SSSR count). The van der Waals surface area contributed by atoms with Gasteiger partial charge >= 0.3 is 0 Å². The Morgan fingerprint density at radius 3 is 2.58 bits per heavy atom. The lowest BCUT2D eigenvalue weighted by molar-refractivity contribution is 0.635. The van der Waals surface area contributed by atoms with Crippen molar-refractivity contribution in [1.82, 2.24) is 34.4 Å². The molecule has 4 aromatic rings. The van der Waals surface area contributed by atoms with Crippen LogP contribution in [-0.2, 0) is 0 Å². The Hall–Kier alpha value is -3.23. The summed E-state index contributed by atoms with van der Waals surface area (Å²) in [6.45, 7) is 7.46. The van der Waals surface area contributed by atoms with Gasteiger partial charge in [0, 0.05) is 38.6 Å². The molecule has 0 unspecified atom stereocenters. The molecule has 0 aliphatic carbocycles. The second-order valence-corrected chi connectivity index (χ2v) is 6.55. The van der Waals surface area contributed by atoms with E-state index < -0.39 is 0 Å². The SMILES string of the molecule is Cc1cc2c(N3CCN(c4ccc5nnc(C)n5n4)CC3)nccn2n1. The molecule has 1 saturated heterocycles. The van der Waals surface area contributed by atoms with Gasteiger partial charge in [0.05, 0.1) is 5.69 Å². The number of anilines is 2. The molecule has 0 atom stereocenters. The number of aryl methyl sites for hydroxylation is 2. The van der Waals surface area contributed by atoms with Crippen molar-refractivity contribution in [3.63, 3.8) is 0 Å². The summed E-state index contributed by atoms with van der Waals surface area (Å²) < 4.78 is 3.69. The molecule has 5 heterocycles. The van der Waals surface area contributed by atoms with Gasteiger partial charge in [0.15, 0.2) is 17.3 Å². The van der Waals surface area contributed by atoms with Crippen LogP contribution < -0.4 is 9.80 Å². The molecule has 0 bridgehead atoms. The molecule has 0 saturated carbocycles. The van der Waals surface area contributed by atoms with Gasteiger partial charge in [-0.1, -0.05) is 0 Å². The summed E-state index contributed by atoms with van der Waals surface area (Å²) in [4.78, 5) is 9.20. The molecule has 0 aromatic carbocycles. The van der Waals surface area contributed by atoms with Crippen LogP contribution in [0.3, 0.4) is 0 Å². The predicted octanol–water partition coefficient (Wildman–Crippen LogP) is 1.11. The smallest absolute Gasteiger partial charge is 0.178 e. The van der Waals surface area contributed by atoms with Crippen LogP contribution in [0, 0.1) is 13.8 Å². The van der Waals surface area contributed by atoms with Crippen molar-refractivity contribution in [1.29, 1.82) is 0 Å². The number of rotatable bonds is 2. The third kappa shape index (κ3) is 2.35. The van der Waals surface area contributed by atoms with E-state index in [-0.39, 0.29) is 0 Å². The fraction of sp³-hybridized carbons (Fsp3) is 0.353. The molecule has 0 amide bonds. The predicted molar refractivity (Wildman–Crippen MR) is 97.7 cm³/mol. The normalized spacial score (nSPS) is 15.3. The van der Waals surface area contributed by atoms with Crippen molar-refractivity contribution in [3.05, 3.63) is 42.1 Å². The summed E-state index contributed by atoms with van der Waals surface area (Å²) in [5.41, 5.74) is 2.83. The molecule has 1 fully saturated rings. The van der Waals surface area contributed by atoms with Crippen LogP contribution in [0.15, 0.2) is 30.6 Å². The Morgan fingerprint density at radius 2 is 1.73 bits per heavy atom. The molecular formula is C17H19N9. The second kappa shape index (κ2) is 5.65. The Bertz CT molecular complexity index is 1090. The maximum atomic E-state index is 4.68. The van der Waals surface area contributed by atoms with Crippen LogP contribution in [0.5, 0.6) is 0 Å². The van der Waals surface area contributed by atoms with E-state index in [2.05, 4.69) is 41.2 Å². The Balaban J connectivity index is 1.39. The van der Waals surface area contributed by atoms with Gasteiger partial charge in [-0.2, -0.15) is 9.61 Å². The zero-order valence-corrected chi connectivity index (χ0v) is 14.7. The largest absolute Gasteiger partial charge is 0.352 e. The average molecular weight is 349 g/mol. The van der Waals surface area contributed by atoms with Crippen LogP contribution in [0.1, 0.15) is 11.5 Å². The minimum atomic E-state index is 0.775. The highest BCUT2D eigenvalue weighted by atomic mass is 15.4. The van der Waals surface area contributed by atoms with Crippen LogP contribution >= 0.6 is 0 Å². The molecule has 132 valence electrons. The number of hydrogen-bond donors (Lipinski definition) is 0. The first-order valence-corrected chi connectivity index (χ1v) is 8.69. The van der Waals surface area contributed by atoms with Gasteiger partial charge in [0.1, 0.15) is 11.3 Å². The minimum Gasteiger partial charge on any atom is -0.352 e. The number of aromatic nitrogens is 7. The lowest BCUT2D eigenvalue weighted by atomic mass is 10.3. The van der Waals surface area contributed by atoms with Crippen LogP contribution in [0.4, 0.5) is 11.6 Å². The summed E-state index contributed by atoms with van der Waals surface area (Å²) >= 11 is 0. The van der Waals surface area contributed by atoms with Crippen molar-refractivity contribution < 1.29 is 0 Å². The van der Waals surface area contributed by atoms with Crippen molar-refractivity contribution in [2.75, 3.05) is 36.0 Å². The van der Waals surface area contributed by atoms with Crippen LogP contribution in [0.25, 0.3) is 11.2 Å². The standard InChI is InChI=1S/C17H19N9/c1-12-11-14-17(18-5-6-25(14)21-12)24-9-7-23(8-10-24)16-4-3-15-20-19-13(2)26(15)22-16/h3-6,11H,7-10H2,1-2H3. The third-order valence-corrected chi connectivity index (χ3v) is 4.80. The fourth-order valence-corrected chi connectivity index (χ4v) is 3.48. The zero-order chi connectivity index (χ0) is 17.7. The molecule has 0 radical (unpaired) electrons. The molecule has 0 spiro atoms. The summed E-state index contributed by atoms with van der Waals surface area (Å²) in [6.07, 6.45) is 3.70. The van der Waals surface area contributed by atoms with Gasteiger partial charge in [-0.3, -0.25) is 0 Å². The highest BCUT2D eigenvalue weighted by Gasteiger charge is 2.21. The number of piperazine rings is 1. The lowest BCUT2D eigenvalue weighted by Gasteiger charge is -2.36. The number of hydrogen-bond acceptors (Lipinski definition) is 7. The Kier molecular flexibility index (Phi) is 3.27. The van der Waals surface area contributed by atoms with Gasteiger partial charge in [0.2, 0.25) is 0 Å². The van der Waals surface area contributed by atoms with E-state index in [0.29, 0.717) is 0 Å². The summed E-state index contributed by atoms with van der Waals surface area (Å²) in [6, 6.07) is 6.06. The maximum absolute atomic E-state index is 4.68. The van der Waals surface area contributed by atoms with E-state index in [4.69, 9.17) is 0 Å². The van der Waals surface area contributed by atoms with Gasteiger partial charge in [-0.15, -0.1) is 15.3 Å². The van der Waals surface area contributed by atoms with Crippen molar-refractivity contribution in [2.24, 2.45) is 0 Å².